The SMILES string of the molecule is C=CC(=O)N1CCC[C@@H](Nc2ncnc(N)c2N(C=O)c2ccc(C)c(OC)c2)C1. The van der Waals surface area contributed by atoms with Crippen LogP contribution < -0.4 is 20.7 Å². The smallest absolute Gasteiger partial charge is 0.246 e. The number of piperidine rings is 1. The second kappa shape index (κ2) is 9.25. The number of rotatable bonds is 7. The lowest BCUT2D eigenvalue weighted by Crippen LogP contribution is -2.44. The molecule has 30 heavy (non-hydrogen) atoms. The summed E-state index contributed by atoms with van der Waals surface area (Å²) >= 11 is 0. The summed E-state index contributed by atoms with van der Waals surface area (Å²) in [6.45, 7) is 6.66. The standard InChI is InChI=1S/C21H26N6O3/c1-4-18(29)26-9-5-6-15(11-26)25-21-19(20(22)23-12-24-21)27(13-28)16-8-7-14(2)17(10-16)30-3/h4,7-8,10,12-13,15H,1,5-6,9,11H2,2-3H3,(H3,22,23,24,25)/t15-/m1/s1. The van der Waals surface area contributed by atoms with Crippen LogP contribution in [0.3, 0.4) is 0 Å². The molecule has 1 aromatic heterocycles. The fourth-order valence-corrected chi connectivity index (χ4v) is 3.55. The Morgan fingerprint density at radius 2 is 2.23 bits per heavy atom. The molecule has 1 aliphatic heterocycles. The van der Waals surface area contributed by atoms with Crippen LogP contribution in [0.1, 0.15) is 18.4 Å². The molecule has 2 aromatic rings. The summed E-state index contributed by atoms with van der Waals surface area (Å²) in [6.07, 6.45) is 5.02. The van der Waals surface area contributed by atoms with E-state index in [1.165, 1.54) is 17.3 Å². The predicted molar refractivity (Wildman–Crippen MR) is 116 cm³/mol. The number of likely N-dealkylation sites (tertiary alicyclic amines) is 1. The van der Waals surface area contributed by atoms with Gasteiger partial charge >= 0.3 is 0 Å². The van der Waals surface area contributed by atoms with Gasteiger partial charge in [-0.1, -0.05) is 12.6 Å². The molecule has 2 heterocycles. The van der Waals surface area contributed by atoms with Crippen molar-refractivity contribution in [1.29, 1.82) is 0 Å². The summed E-state index contributed by atoms with van der Waals surface area (Å²) in [4.78, 5) is 35.5. The number of amides is 2. The first-order valence-electron chi connectivity index (χ1n) is 9.66. The number of ether oxygens (including phenoxy) is 1. The Bertz CT molecular complexity index is 948. The lowest BCUT2D eigenvalue weighted by molar-refractivity contribution is -0.127. The van der Waals surface area contributed by atoms with E-state index in [1.54, 1.807) is 24.1 Å². The normalized spacial score (nSPS) is 15.9. The Balaban J connectivity index is 1.93. The van der Waals surface area contributed by atoms with Gasteiger partial charge in [0.15, 0.2) is 11.6 Å². The highest BCUT2D eigenvalue weighted by Crippen LogP contribution is 2.36. The van der Waals surface area contributed by atoms with Crippen molar-refractivity contribution in [2.24, 2.45) is 0 Å². The third kappa shape index (κ3) is 4.35. The molecule has 1 aliphatic rings. The van der Waals surface area contributed by atoms with Gasteiger partial charge in [0.25, 0.3) is 0 Å². The zero-order chi connectivity index (χ0) is 21.7. The van der Waals surface area contributed by atoms with E-state index < -0.39 is 0 Å². The van der Waals surface area contributed by atoms with Crippen molar-refractivity contribution in [3.05, 3.63) is 42.7 Å². The van der Waals surface area contributed by atoms with E-state index in [0.29, 0.717) is 42.4 Å². The third-order valence-electron chi connectivity index (χ3n) is 5.12. The molecule has 0 aliphatic carbocycles. The predicted octanol–water partition coefficient (Wildman–Crippen LogP) is 2.26. The molecule has 0 unspecified atom stereocenters. The highest BCUT2D eigenvalue weighted by atomic mass is 16.5. The van der Waals surface area contributed by atoms with Crippen LogP contribution in [-0.2, 0) is 9.59 Å². The van der Waals surface area contributed by atoms with E-state index >= 15 is 0 Å². The van der Waals surface area contributed by atoms with Crippen molar-refractivity contribution in [3.63, 3.8) is 0 Å². The number of hydrogen-bond donors (Lipinski definition) is 2. The number of methoxy groups -OCH3 is 1. The fraction of sp³-hybridized carbons (Fsp3) is 0.333. The molecular formula is C21H26N6O3. The summed E-state index contributed by atoms with van der Waals surface area (Å²) in [5, 5.41) is 3.33. The zero-order valence-electron chi connectivity index (χ0n) is 17.2. The Morgan fingerprint density at radius 3 is 2.93 bits per heavy atom. The first-order valence-corrected chi connectivity index (χ1v) is 9.66. The van der Waals surface area contributed by atoms with Gasteiger partial charge in [0.1, 0.15) is 17.8 Å². The average Bonchev–Trinajstić information content (AvgIpc) is 2.76. The molecule has 1 atom stereocenters. The van der Waals surface area contributed by atoms with Gasteiger partial charge in [-0.25, -0.2) is 9.97 Å². The third-order valence-corrected chi connectivity index (χ3v) is 5.12. The number of carbonyl (C=O) groups is 2. The summed E-state index contributed by atoms with van der Waals surface area (Å²) in [7, 11) is 1.57. The van der Waals surface area contributed by atoms with Crippen LogP contribution in [0.5, 0.6) is 5.75 Å². The maximum atomic E-state index is 12.0. The summed E-state index contributed by atoms with van der Waals surface area (Å²) in [5.41, 5.74) is 8.00. The minimum atomic E-state index is -0.106. The van der Waals surface area contributed by atoms with Gasteiger partial charge in [0.05, 0.1) is 12.8 Å². The minimum absolute atomic E-state index is 0.0447. The van der Waals surface area contributed by atoms with E-state index in [1.807, 2.05) is 13.0 Å². The number of nitrogen functional groups attached to an aromatic ring is 1. The summed E-state index contributed by atoms with van der Waals surface area (Å²) in [5.74, 6) is 1.13. The molecule has 1 fully saturated rings. The van der Waals surface area contributed by atoms with Crippen LogP contribution in [0, 0.1) is 6.92 Å². The average molecular weight is 410 g/mol. The van der Waals surface area contributed by atoms with Gasteiger partial charge in [0.2, 0.25) is 12.3 Å². The Labute approximate surface area is 175 Å². The highest BCUT2D eigenvalue weighted by molar-refractivity contribution is 5.95. The number of anilines is 4. The number of aromatic nitrogens is 2. The van der Waals surface area contributed by atoms with E-state index in [0.717, 1.165) is 18.4 Å². The second-order valence-electron chi connectivity index (χ2n) is 7.06. The van der Waals surface area contributed by atoms with Crippen molar-refractivity contribution < 1.29 is 14.3 Å². The molecule has 2 amide bonds. The Morgan fingerprint density at radius 1 is 1.43 bits per heavy atom. The number of aryl methyl sites for hydroxylation is 1. The zero-order valence-corrected chi connectivity index (χ0v) is 17.2. The minimum Gasteiger partial charge on any atom is -0.496 e. The molecule has 0 radical (unpaired) electrons. The maximum absolute atomic E-state index is 12.0. The molecule has 1 saturated heterocycles. The molecular weight excluding hydrogens is 384 g/mol. The van der Waals surface area contributed by atoms with Crippen LogP contribution in [0.4, 0.5) is 23.0 Å². The van der Waals surface area contributed by atoms with Crippen LogP contribution in [-0.4, -0.2) is 53.4 Å². The van der Waals surface area contributed by atoms with Gasteiger partial charge in [-0.15, -0.1) is 0 Å². The first-order chi connectivity index (χ1) is 14.5. The molecule has 0 saturated carbocycles. The maximum Gasteiger partial charge on any atom is 0.246 e. The monoisotopic (exact) mass is 410 g/mol. The van der Waals surface area contributed by atoms with E-state index in [9.17, 15) is 9.59 Å². The molecule has 9 heteroatoms. The first kappa shape index (κ1) is 21.1. The highest BCUT2D eigenvalue weighted by Gasteiger charge is 2.25. The topological polar surface area (TPSA) is 114 Å². The van der Waals surface area contributed by atoms with Gasteiger partial charge < -0.3 is 20.7 Å². The lowest BCUT2D eigenvalue weighted by atomic mass is 10.1. The number of nitrogens with zero attached hydrogens (tertiary/aromatic N) is 4. The second-order valence-corrected chi connectivity index (χ2v) is 7.06. The van der Waals surface area contributed by atoms with Crippen LogP contribution in [0.25, 0.3) is 0 Å². The molecule has 158 valence electrons. The van der Waals surface area contributed by atoms with Crippen molar-refractivity contribution in [2.75, 3.05) is 36.1 Å². The molecule has 3 N–H and O–H groups in total. The van der Waals surface area contributed by atoms with Crippen LogP contribution in [0.2, 0.25) is 0 Å². The van der Waals surface area contributed by atoms with E-state index in [2.05, 4.69) is 21.9 Å². The lowest BCUT2D eigenvalue weighted by Gasteiger charge is -2.33. The van der Waals surface area contributed by atoms with E-state index in [4.69, 9.17) is 10.5 Å². The van der Waals surface area contributed by atoms with Gasteiger partial charge in [-0.2, -0.15) is 0 Å². The molecule has 9 nitrogen and oxygen atoms in total. The number of carbonyl (C=O) groups excluding carboxylic acids is 2. The number of nitrogens with two attached hydrogens (primary N) is 1. The van der Waals surface area contributed by atoms with Crippen molar-refractivity contribution in [1.82, 2.24) is 14.9 Å². The number of benzene rings is 1. The molecule has 0 spiro atoms. The van der Waals surface area contributed by atoms with Crippen molar-refractivity contribution >= 4 is 35.3 Å². The largest absolute Gasteiger partial charge is 0.496 e. The Kier molecular flexibility index (Phi) is 6.51. The quantitative estimate of drug-likeness (QED) is 0.532. The van der Waals surface area contributed by atoms with Crippen molar-refractivity contribution in [3.8, 4) is 5.75 Å². The van der Waals surface area contributed by atoms with Crippen molar-refractivity contribution in [2.45, 2.75) is 25.8 Å². The molecule has 3 rings (SSSR count). The van der Waals surface area contributed by atoms with Crippen LogP contribution in [0.15, 0.2) is 37.2 Å². The molecule has 0 bridgehead atoms. The van der Waals surface area contributed by atoms with Gasteiger partial charge in [0, 0.05) is 25.2 Å². The Hall–Kier alpha value is -3.62. The van der Waals surface area contributed by atoms with Gasteiger partial charge in [-0.3, -0.25) is 14.5 Å². The van der Waals surface area contributed by atoms with Gasteiger partial charge in [-0.05, 0) is 37.5 Å². The van der Waals surface area contributed by atoms with E-state index in [-0.39, 0.29) is 17.8 Å². The number of hydrogen-bond acceptors (Lipinski definition) is 7. The van der Waals surface area contributed by atoms with Crippen LogP contribution >= 0.6 is 0 Å². The summed E-state index contributed by atoms with van der Waals surface area (Å²) < 4.78 is 5.38. The fourth-order valence-electron chi connectivity index (χ4n) is 3.55. The summed E-state index contributed by atoms with van der Waals surface area (Å²) in [6, 6.07) is 5.37. The number of nitrogens with one attached hydrogen (secondary N) is 1. The molecule has 1 aromatic carbocycles.